The number of nitrogen functional groups attached to an aromatic ring is 1. The van der Waals surface area contributed by atoms with Gasteiger partial charge in [-0.15, -0.1) is 0 Å². The van der Waals surface area contributed by atoms with Gasteiger partial charge in [-0.05, 0) is 18.6 Å². The molecule has 2 aromatic rings. The average molecular weight is 288 g/mol. The van der Waals surface area contributed by atoms with Crippen molar-refractivity contribution in [2.75, 3.05) is 30.8 Å². The molecular formula is C15H17FN4O. The number of hydrogen-bond acceptors (Lipinski definition) is 5. The highest BCUT2D eigenvalue weighted by Crippen LogP contribution is 2.27. The van der Waals surface area contributed by atoms with Crippen molar-refractivity contribution >= 4 is 11.8 Å². The van der Waals surface area contributed by atoms with Gasteiger partial charge in [0.25, 0.3) is 0 Å². The second-order valence-corrected chi connectivity index (χ2v) is 5.03. The molecule has 1 aliphatic rings. The molecule has 1 aromatic heterocycles. The summed E-state index contributed by atoms with van der Waals surface area (Å²) >= 11 is 0. The first-order valence-corrected chi connectivity index (χ1v) is 6.83. The van der Waals surface area contributed by atoms with E-state index in [4.69, 9.17) is 10.5 Å². The van der Waals surface area contributed by atoms with E-state index in [2.05, 4.69) is 9.97 Å². The Morgan fingerprint density at radius 2 is 2.19 bits per heavy atom. The van der Waals surface area contributed by atoms with Gasteiger partial charge in [0, 0.05) is 18.2 Å². The second kappa shape index (κ2) is 5.55. The Balaban J connectivity index is 1.97. The van der Waals surface area contributed by atoms with Crippen LogP contribution in [0.1, 0.15) is 6.42 Å². The van der Waals surface area contributed by atoms with E-state index in [0.717, 1.165) is 11.3 Å². The Kier molecular flexibility index (Phi) is 3.60. The zero-order valence-electron chi connectivity index (χ0n) is 11.8. The Hall–Kier alpha value is -2.37. The molecule has 3 rings (SSSR count). The quantitative estimate of drug-likeness (QED) is 0.938. The van der Waals surface area contributed by atoms with Crippen LogP contribution in [0.3, 0.4) is 0 Å². The zero-order chi connectivity index (χ0) is 14.8. The number of nitrogens with zero attached hydrogens (tertiary/aromatic N) is 3. The van der Waals surface area contributed by atoms with Crippen molar-refractivity contribution in [3.8, 4) is 17.0 Å². The first-order valence-electron chi connectivity index (χ1n) is 6.83. The Bertz CT molecular complexity index is 649. The molecule has 1 unspecified atom stereocenters. The third kappa shape index (κ3) is 2.89. The second-order valence-electron chi connectivity index (χ2n) is 5.03. The van der Waals surface area contributed by atoms with Crippen molar-refractivity contribution in [3.63, 3.8) is 0 Å². The maximum Gasteiger partial charge on any atom is 0.222 e. The van der Waals surface area contributed by atoms with Crippen molar-refractivity contribution in [3.05, 3.63) is 30.3 Å². The summed E-state index contributed by atoms with van der Waals surface area (Å²) in [4.78, 5) is 10.4. The van der Waals surface area contributed by atoms with E-state index in [1.165, 1.54) is 0 Å². The molecule has 0 spiro atoms. The van der Waals surface area contributed by atoms with Crippen LogP contribution in [-0.2, 0) is 0 Å². The minimum Gasteiger partial charge on any atom is -0.497 e. The van der Waals surface area contributed by atoms with Gasteiger partial charge in [0.2, 0.25) is 5.95 Å². The predicted octanol–water partition coefficient (Wildman–Crippen LogP) is 2.28. The van der Waals surface area contributed by atoms with E-state index in [9.17, 15) is 4.39 Å². The lowest BCUT2D eigenvalue weighted by Crippen LogP contribution is -2.21. The lowest BCUT2D eigenvalue weighted by molar-refractivity contribution is 0.364. The number of nitrogens with two attached hydrogens (primary N) is 1. The molecule has 110 valence electrons. The number of hydrogen-bond donors (Lipinski definition) is 1. The summed E-state index contributed by atoms with van der Waals surface area (Å²) in [6, 6.07) is 9.40. The van der Waals surface area contributed by atoms with Gasteiger partial charge >= 0.3 is 0 Å². The number of anilines is 2. The van der Waals surface area contributed by atoms with Gasteiger partial charge in [0.15, 0.2) is 0 Å². The van der Waals surface area contributed by atoms with Crippen LogP contribution in [0.15, 0.2) is 30.3 Å². The first-order chi connectivity index (χ1) is 10.2. The summed E-state index contributed by atoms with van der Waals surface area (Å²) in [7, 11) is 1.62. The lowest BCUT2D eigenvalue weighted by Gasteiger charge is -2.17. The minimum absolute atomic E-state index is 0.188. The normalized spacial score (nSPS) is 18.0. The fourth-order valence-corrected chi connectivity index (χ4v) is 2.47. The number of aromatic nitrogens is 2. The smallest absolute Gasteiger partial charge is 0.222 e. The third-order valence-electron chi connectivity index (χ3n) is 3.55. The van der Waals surface area contributed by atoms with Crippen LogP contribution < -0.4 is 15.4 Å². The minimum atomic E-state index is -0.804. The van der Waals surface area contributed by atoms with Gasteiger partial charge in [0.1, 0.15) is 17.7 Å². The van der Waals surface area contributed by atoms with Crippen LogP contribution in [0, 0.1) is 0 Å². The molecule has 0 saturated carbocycles. The van der Waals surface area contributed by atoms with Crippen LogP contribution in [0.5, 0.6) is 5.75 Å². The number of halogens is 1. The van der Waals surface area contributed by atoms with Gasteiger partial charge in [-0.1, -0.05) is 12.1 Å². The lowest BCUT2D eigenvalue weighted by atomic mass is 10.1. The molecule has 2 heterocycles. The van der Waals surface area contributed by atoms with Crippen molar-refractivity contribution in [2.45, 2.75) is 12.6 Å². The molecule has 5 nitrogen and oxygen atoms in total. The van der Waals surface area contributed by atoms with E-state index in [0.29, 0.717) is 31.0 Å². The van der Waals surface area contributed by atoms with E-state index < -0.39 is 6.17 Å². The molecule has 1 aliphatic heterocycles. The Morgan fingerprint density at radius 3 is 2.90 bits per heavy atom. The van der Waals surface area contributed by atoms with Crippen LogP contribution in [0.2, 0.25) is 0 Å². The Morgan fingerprint density at radius 1 is 1.33 bits per heavy atom. The van der Waals surface area contributed by atoms with Crippen LogP contribution >= 0.6 is 0 Å². The fraction of sp³-hybridized carbons (Fsp3) is 0.333. The number of methoxy groups -OCH3 is 1. The molecule has 6 heteroatoms. The standard InChI is InChI=1S/C15H17FN4O/c1-21-12-4-2-3-10(7-12)13-8-14(19-15(17)18-13)20-6-5-11(16)9-20/h2-4,7-8,11H,5-6,9H2,1H3,(H2,17,18,19). The molecule has 1 aromatic carbocycles. The number of alkyl halides is 1. The number of benzene rings is 1. The molecule has 1 saturated heterocycles. The van der Waals surface area contributed by atoms with Crippen LogP contribution in [0.4, 0.5) is 16.2 Å². The largest absolute Gasteiger partial charge is 0.497 e. The zero-order valence-corrected chi connectivity index (χ0v) is 11.8. The third-order valence-corrected chi connectivity index (χ3v) is 3.55. The highest BCUT2D eigenvalue weighted by Gasteiger charge is 2.23. The maximum atomic E-state index is 13.3. The number of rotatable bonds is 3. The van der Waals surface area contributed by atoms with Gasteiger partial charge in [0.05, 0.1) is 19.3 Å². The summed E-state index contributed by atoms with van der Waals surface area (Å²) in [5.74, 6) is 1.60. The van der Waals surface area contributed by atoms with Crippen molar-refractivity contribution in [2.24, 2.45) is 0 Å². The van der Waals surface area contributed by atoms with E-state index in [1.807, 2.05) is 35.2 Å². The molecule has 0 radical (unpaired) electrons. The van der Waals surface area contributed by atoms with Gasteiger partial charge in [-0.2, -0.15) is 4.98 Å². The fourth-order valence-electron chi connectivity index (χ4n) is 2.47. The van der Waals surface area contributed by atoms with E-state index in [-0.39, 0.29) is 5.95 Å². The number of ether oxygens (including phenoxy) is 1. The van der Waals surface area contributed by atoms with Crippen LogP contribution in [-0.4, -0.2) is 36.3 Å². The van der Waals surface area contributed by atoms with Gasteiger partial charge in [-0.3, -0.25) is 0 Å². The maximum absolute atomic E-state index is 13.3. The monoisotopic (exact) mass is 288 g/mol. The first kappa shape index (κ1) is 13.6. The van der Waals surface area contributed by atoms with Crippen LogP contribution in [0.25, 0.3) is 11.3 Å². The molecule has 0 bridgehead atoms. The molecular weight excluding hydrogens is 271 g/mol. The molecule has 0 aliphatic carbocycles. The predicted molar refractivity (Wildman–Crippen MR) is 80.2 cm³/mol. The van der Waals surface area contributed by atoms with Gasteiger partial charge in [-0.25, -0.2) is 9.37 Å². The highest BCUT2D eigenvalue weighted by atomic mass is 19.1. The van der Waals surface area contributed by atoms with Crippen molar-refractivity contribution in [1.29, 1.82) is 0 Å². The summed E-state index contributed by atoms with van der Waals surface area (Å²) < 4.78 is 18.6. The van der Waals surface area contributed by atoms with Crippen molar-refractivity contribution in [1.82, 2.24) is 9.97 Å². The molecule has 1 atom stereocenters. The van der Waals surface area contributed by atoms with Gasteiger partial charge < -0.3 is 15.4 Å². The molecule has 21 heavy (non-hydrogen) atoms. The summed E-state index contributed by atoms with van der Waals surface area (Å²) in [5, 5.41) is 0. The summed E-state index contributed by atoms with van der Waals surface area (Å²) in [6.45, 7) is 1.00. The average Bonchev–Trinajstić information content (AvgIpc) is 2.93. The van der Waals surface area contributed by atoms with E-state index >= 15 is 0 Å². The summed E-state index contributed by atoms with van der Waals surface area (Å²) in [6.07, 6.45) is -0.278. The van der Waals surface area contributed by atoms with Crippen molar-refractivity contribution < 1.29 is 9.13 Å². The molecule has 0 amide bonds. The van der Waals surface area contributed by atoms with E-state index in [1.54, 1.807) is 7.11 Å². The topological polar surface area (TPSA) is 64.3 Å². The SMILES string of the molecule is COc1cccc(-c2cc(N3CCC(F)C3)nc(N)n2)c1. The molecule has 2 N–H and O–H groups in total. The molecule has 1 fully saturated rings. The summed E-state index contributed by atoms with van der Waals surface area (Å²) in [5.41, 5.74) is 7.39. The highest BCUT2D eigenvalue weighted by molar-refractivity contribution is 5.66. The Labute approximate surface area is 122 Å².